The Labute approximate surface area is 117 Å². The number of aryl methyl sites for hydroxylation is 1. The minimum absolute atomic E-state index is 0.0733. The second-order valence-corrected chi connectivity index (χ2v) is 4.37. The Kier molecular flexibility index (Phi) is 3.84. The van der Waals surface area contributed by atoms with E-state index in [1.165, 1.54) is 0 Å². The van der Waals surface area contributed by atoms with Crippen LogP contribution in [-0.2, 0) is 0 Å². The molecule has 0 atom stereocenters. The normalized spacial score (nSPS) is 10.2. The van der Waals surface area contributed by atoms with Gasteiger partial charge in [-0.25, -0.2) is 9.97 Å². The van der Waals surface area contributed by atoms with Crippen molar-refractivity contribution in [3.05, 3.63) is 41.7 Å². The van der Waals surface area contributed by atoms with Crippen LogP contribution in [0.4, 0.5) is 11.6 Å². The zero-order valence-electron chi connectivity index (χ0n) is 11.7. The third-order valence-corrected chi connectivity index (χ3v) is 2.86. The first-order valence-corrected chi connectivity index (χ1v) is 6.09. The highest BCUT2D eigenvalue weighted by atomic mass is 16.5. The summed E-state index contributed by atoms with van der Waals surface area (Å²) in [5, 5.41) is 7.49. The van der Waals surface area contributed by atoms with Crippen LogP contribution in [0.5, 0.6) is 5.75 Å². The fourth-order valence-electron chi connectivity index (χ4n) is 1.78. The molecule has 0 saturated carbocycles. The standard InChI is InChI=1S/C14H17N5O/c1-9-7-12(13(15)16)18-14(17-9)19(2)10-5-4-6-11(8-10)20-3/h4-8H,1-3H3,(H3,15,16). The molecule has 0 unspecified atom stereocenters. The van der Waals surface area contributed by atoms with Gasteiger partial charge in [-0.05, 0) is 25.1 Å². The van der Waals surface area contributed by atoms with Gasteiger partial charge in [0.25, 0.3) is 0 Å². The van der Waals surface area contributed by atoms with Gasteiger partial charge in [-0.3, -0.25) is 5.41 Å². The number of nitrogens with one attached hydrogen (secondary N) is 1. The average molecular weight is 271 g/mol. The van der Waals surface area contributed by atoms with Gasteiger partial charge in [-0.1, -0.05) is 6.07 Å². The Morgan fingerprint density at radius 1 is 1.30 bits per heavy atom. The van der Waals surface area contributed by atoms with E-state index in [4.69, 9.17) is 15.9 Å². The number of hydrogen-bond donors (Lipinski definition) is 2. The Morgan fingerprint density at radius 2 is 2.05 bits per heavy atom. The zero-order valence-corrected chi connectivity index (χ0v) is 11.7. The molecule has 104 valence electrons. The number of nitrogen functional groups attached to an aromatic ring is 1. The number of hydrogen-bond acceptors (Lipinski definition) is 5. The van der Waals surface area contributed by atoms with Gasteiger partial charge in [-0.2, -0.15) is 0 Å². The highest BCUT2D eigenvalue weighted by Crippen LogP contribution is 2.24. The molecule has 0 bridgehead atoms. The Hall–Kier alpha value is -2.63. The topological polar surface area (TPSA) is 88.1 Å². The lowest BCUT2D eigenvalue weighted by atomic mass is 10.3. The van der Waals surface area contributed by atoms with Crippen molar-refractivity contribution < 1.29 is 4.74 Å². The first kappa shape index (κ1) is 13.8. The molecule has 0 amide bonds. The van der Waals surface area contributed by atoms with Crippen molar-refractivity contribution in [1.29, 1.82) is 5.41 Å². The summed E-state index contributed by atoms with van der Waals surface area (Å²) in [6.07, 6.45) is 0. The largest absolute Gasteiger partial charge is 0.497 e. The van der Waals surface area contributed by atoms with E-state index >= 15 is 0 Å². The van der Waals surface area contributed by atoms with Gasteiger partial charge >= 0.3 is 0 Å². The maximum Gasteiger partial charge on any atom is 0.230 e. The van der Waals surface area contributed by atoms with E-state index in [0.717, 1.165) is 17.1 Å². The lowest BCUT2D eigenvalue weighted by Gasteiger charge is -2.18. The van der Waals surface area contributed by atoms with Gasteiger partial charge in [0.15, 0.2) is 0 Å². The molecule has 1 heterocycles. The highest BCUT2D eigenvalue weighted by Gasteiger charge is 2.11. The second kappa shape index (κ2) is 5.56. The number of benzene rings is 1. The highest BCUT2D eigenvalue weighted by molar-refractivity contribution is 5.93. The number of amidine groups is 1. The lowest BCUT2D eigenvalue weighted by molar-refractivity contribution is 0.415. The minimum Gasteiger partial charge on any atom is -0.497 e. The van der Waals surface area contributed by atoms with Gasteiger partial charge in [-0.15, -0.1) is 0 Å². The lowest BCUT2D eigenvalue weighted by Crippen LogP contribution is -2.19. The third-order valence-electron chi connectivity index (χ3n) is 2.86. The number of rotatable bonds is 4. The molecule has 0 saturated heterocycles. The maximum atomic E-state index is 7.49. The Balaban J connectivity index is 2.41. The summed E-state index contributed by atoms with van der Waals surface area (Å²) in [5.74, 6) is 1.17. The van der Waals surface area contributed by atoms with E-state index in [0.29, 0.717) is 11.6 Å². The maximum absolute atomic E-state index is 7.49. The molecule has 2 aromatic rings. The average Bonchev–Trinajstić information content (AvgIpc) is 2.45. The van der Waals surface area contributed by atoms with Gasteiger partial charge < -0.3 is 15.4 Å². The van der Waals surface area contributed by atoms with Crippen LogP contribution in [0.25, 0.3) is 0 Å². The Morgan fingerprint density at radius 3 is 2.70 bits per heavy atom. The molecule has 2 rings (SSSR count). The van der Waals surface area contributed by atoms with Crippen molar-refractivity contribution in [2.45, 2.75) is 6.92 Å². The molecular formula is C14H17N5O. The van der Waals surface area contributed by atoms with Gasteiger partial charge in [0, 0.05) is 24.5 Å². The van der Waals surface area contributed by atoms with Crippen molar-refractivity contribution in [2.75, 3.05) is 19.1 Å². The molecular weight excluding hydrogens is 254 g/mol. The summed E-state index contributed by atoms with van der Waals surface area (Å²) in [6, 6.07) is 9.27. The van der Waals surface area contributed by atoms with Crippen LogP contribution >= 0.6 is 0 Å². The summed E-state index contributed by atoms with van der Waals surface area (Å²) in [7, 11) is 3.48. The summed E-state index contributed by atoms with van der Waals surface area (Å²) < 4.78 is 5.20. The predicted molar refractivity (Wildman–Crippen MR) is 78.8 cm³/mol. The molecule has 6 heteroatoms. The summed E-state index contributed by atoms with van der Waals surface area (Å²) >= 11 is 0. The number of aromatic nitrogens is 2. The first-order valence-electron chi connectivity index (χ1n) is 6.09. The molecule has 0 radical (unpaired) electrons. The van der Waals surface area contributed by atoms with Gasteiger partial charge in [0.05, 0.1) is 7.11 Å². The van der Waals surface area contributed by atoms with Crippen LogP contribution in [0.15, 0.2) is 30.3 Å². The number of methoxy groups -OCH3 is 1. The summed E-state index contributed by atoms with van der Waals surface area (Å²) in [4.78, 5) is 10.5. The molecule has 0 aliphatic rings. The molecule has 0 aliphatic heterocycles. The van der Waals surface area contributed by atoms with Gasteiger partial charge in [0.2, 0.25) is 5.95 Å². The van der Waals surface area contributed by atoms with Crippen LogP contribution in [0.2, 0.25) is 0 Å². The van der Waals surface area contributed by atoms with E-state index in [-0.39, 0.29) is 5.84 Å². The monoisotopic (exact) mass is 271 g/mol. The summed E-state index contributed by atoms with van der Waals surface area (Å²) in [6.45, 7) is 1.84. The predicted octanol–water partition coefficient (Wildman–Crippen LogP) is 1.85. The number of anilines is 2. The van der Waals surface area contributed by atoms with Crippen LogP contribution in [0, 0.1) is 12.3 Å². The third kappa shape index (κ3) is 2.85. The fraction of sp³-hybridized carbons (Fsp3) is 0.214. The first-order chi connectivity index (χ1) is 9.51. The van der Waals surface area contributed by atoms with E-state index in [9.17, 15) is 0 Å². The van der Waals surface area contributed by atoms with Gasteiger partial charge in [0.1, 0.15) is 17.3 Å². The van der Waals surface area contributed by atoms with E-state index in [1.807, 2.05) is 43.1 Å². The van der Waals surface area contributed by atoms with E-state index < -0.39 is 0 Å². The van der Waals surface area contributed by atoms with Crippen molar-refractivity contribution in [3.8, 4) is 5.75 Å². The number of ether oxygens (including phenoxy) is 1. The Bertz CT molecular complexity index is 641. The molecule has 0 fully saturated rings. The van der Waals surface area contributed by atoms with E-state index in [2.05, 4.69) is 9.97 Å². The number of nitrogens with two attached hydrogens (primary N) is 1. The minimum atomic E-state index is -0.0733. The molecule has 1 aromatic heterocycles. The number of nitrogens with zero attached hydrogens (tertiary/aromatic N) is 3. The van der Waals surface area contributed by atoms with Crippen LogP contribution < -0.4 is 15.4 Å². The molecule has 1 aromatic carbocycles. The van der Waals surface area contributed by atoms with E-state index in [1.54, 1.807) is 13.2 Å². The van der Waals surface area contributed by atoms with Crippen molar-refractivity contribution in [2.24, 2.45) is 5.73 Å². The zero-order chi connectivity index (χ0) is 14.7. The SMILES string of the molecule is COc1cccc(N(C)c2nc(C)cc(C(=N)N)n2)c1. The summed E-state index contributed by atoms with van der Waals surface area (Å²) in [5.41, 5.74) is 7.56. The second-order valence-electron chi connectivity index (χ2n) is 4.37. The van der Waals surface area contributed by atoms with Crippen molar-refractivity contribution in [3.63, 3.8) is 0 Å². The molecule has 20 heavy (non-hydrogen) atoms. The quantitative estimate of drug-likeness (QED) is 0.654. The van der Waals surface area contributed by atoms with Crippen molar-refractivity contribution in [1.82, 2.24) is 9.97 Å². The smallest absolute Gasteiger partial charge is 0.230 e. The van der Waals surface area contributed by atoms with Crippen LogP contribution in [0.1, 0.15) is 11.4 Å². The van der Waals surface area contributed by atoms with Crippen molar-refractivity contribution >= 4 is 17.5 Å². The molecule has 3 N–H and O–H groups in total. The molecule has 0 spiro atoms. The van der Waals surface area contributed by atoms with Crippen LogP contribution in [0.3, 0.4) is 0 Å². The fourth-order valence-corrected chi connectivity index (χ4v) is 1.78. The molecule has 6 nitrogen and oxygen atoms in total. The van der Waals surface area contributed by atoms with Crippen LogP contribution in [-0.4, -0.2) is 30.0 Å². The molecule has 0 aliphatic carbocycles.